The van der Waals surface area contributed by atoms with Crippen LogP contribution in [-0.2, 0) is 11.2 Å². The van der Waals surface area contributed by atoms with Gasteiger partial charge in [0.15, 0.2) is 0 Å². The van der Waals surface area contributed by atoms with Crippen molar-refractivity contribution in [2.45, 2.75) is 13.3 Å². The molecule has 0 saturated heterocycles. The molecule has 3 nitrogen and oxygen atoms in total. The molecule has 0 bridgehead atoms. The van der Waals surface area contributed by atoms with E-state index in [4.69, 9.17) is 11.6 Å². The molecule has 1 amide bonds. The number of rotatable bonds is 3. The van der Waals surface area contributed by atoms with Gasteiger partial charge in [-0.2, -0.15) is 0 Å². The highest BCUT2D eigenvalue weighted by atomic mass is 35.5. The van der Waals surface area contributed by atoms with Crippen molar-refractivity contribution in [1.29, 1.82) is 0 Å². The number of carbonyl (C=O) groups excluding carboxylic acids is 1. The van der Waals surface area contributed by atoms with Gasteiger partial charge in [-0.05, 0) is 42.3 Å². The fourth-order valence-corrected chi connectivity index (χ4v) is 1.96. The SMILES string of the molecule is Cc1cc(NC(=O)Cc2ccccc2Cl)ccc1O. The van der Waals surface area contributed by atoms with Crippen LogP contribution in [0.5, 0.6) is 5.75 Å². The quantitative estimate of drug-likeness (QED) is 0.842. The van der Waals surface area contributed by atoms with Gasteiger partial charge < -0.3 is 10.4 Å². The van der Waals surface area contributed by atoms with Crippen LogP contribution in [0.2, 0.25) is 5.02 Å². The zero-order chi connectivity index (χ0) is 13.8. The van der Waals surface area contributed by atoms with E-state index >= 15 is 0 Å². The highest BCUT2D eigenvalue weighted by Gasteiger charge is 2.07. The van der Waals surface area contributed by atoms with Gasteiger partial charge >= 0.3 is 0 Å². The standard InChI is InChI=1S/C15H14ClNO2/c1-10-8-12(6-7-14(10)18)17-15(19)9-11-4-2-3-5-13(11)16/h2-8,18H,9H2,1H3,(H,17,19). The second kappa shape index (κ2) is 5.76. The summed E-state index contributed by atoms with van der Waals surface area (Å²) in [5.41, 5.74) is 2.17. The molecule has 0 aliphatic heterocycles. The Morgan fingerprint density at radius 3 is 2.68 bits per heavy atom. The van der Waals surface area contributed by atoms with E-state index in [2.05, 4.69) is 5.32 Å². The van der Waals surface area contributed by atoms with Crippen molar-refractivity contribution in [2.75, 3.05) is 5.32 Å². The Morgan fingerprint density at radius 1 is 1.26 bits per heavy atom. The number of phenols is 1. The number of aromatic hydroxyl groups is 1. The van der Waals surface area contributed by atoms with E-state index in [0.29, 0.717) is 10.7 Å². The fourth-order valence-electron chi connectivity index (χ4n) is 1.75. The van der Waals surface area contributed by atoms with Gasteiger partial charge in [-0.1, -0.05) is 29.8 Å². The van der Waals surface area contributed by atoms with Crippen LogP contribution in [0.4, 0.5) is 5.69 Å². The molecule has 19 heavy (non-hydrogen) atoms. The average Bonchev–Trinajstić information content (AvgIpc) is 2.37. The molecule has 0 aliphatic carbocycles. The van der Waals surface area contributed by atoms with Gasteiger partial charge in [0, 0.05) is 10.7 Å². The zero-order valence-electron chi connectivity index (χ0n) is 10.5. The van der Waals surface area contributed by atoms with Gasteiger partial charge in [-0.15, -0.1) is 0 Å². The lowest BCUT2D eigenvalue weighted by atomic mass is 10.1. The van der Waals surface area contributed by atoms with Crippen LogP contribution in [0, 0.1) is 6.92 Å². The van der Waals surface area contributed by atoms with E-state index < -0.39 is 0 Å². The van der Waals surface area contributed by atoms with Crippen molar-refractivity contribution < 1.29 is 9.90 Å². The van der Waals surface area contributed by atoms with Crippen LogP contribution >= 0.6 is 11.6 Å². The maximum Gasteiger partial charge on any atom is 0.228 e. The van der Waals surface area contributed by atoms with Crippen molar-refractivity contribution >= 4 is 23.2 Å². The van der Waals surface area contributed by atoms with E-state index in [0.717, 1.165) is 11.1 Å². The lowest BCUT2D eigenvalue weighted by Gasteiger charge is -2.08. The minimum Gasteiger partial charge on any atom is -0.508 e. The van der Waals surface area contributed by atoms with E-state index in [9.17, 15) is 9.90 Å². The predicted molar refractivity (Wildman–Crippen MR) is 76.6 cm³/mol. The molecule has 0 saturated carbocycles. The summed E-state index contributed by atoms with van der Waals surface area (Å²) < 4.78 is 0. The number of hydrogen-bond acceptors (Lipinski definition) is 2. The number of nitrogens with one attached hydrogen (secondary N) is 1. The summed E-state index contributed by atoms with van der Waals surface area (Å²) in [6, 6.07) is 12.2. The first-order valence-corrected chi connectivity index (χ1v) is 6.27. The average molecular weight is 276 g/mol. The van der Waals surface area contributed by atoms with Crippen LogP contribution in [0.15, 0.2) is 42.5 Å². The van der Waals surface area contributed by atoms with Crippen molar-refractivity contribution in [3.8, 4) is 5.75 Å². The highest BCUT2D eigenvalue weighted by Crippen LogP contribution is 2.21. The molecule has 0 heterocycles. The Morgan fingerprint density at radius 2 is 2.00 bits per heavy atom. The number of halogens is 1. The molecule has 0 spiro atoms. The Labute approximate surface area is 116 Å². The molecule has 0 fully saturated rings. The number of carbonyl (C=O) groups is 1. The Balaban J connectivity index is 2.05. The molecular weight excluding hydrogens is 262 g/mol. The topological polar surface area (TPSA) is 49.3 Å². The molecule has 0 atom stereocenters. The minimum absolute atomic E-state index is 0.141. The number of hydrogen-bond donors (Lipinski definition) is 2. The van der Waals surface area contributed by atoms with Gasteiger partial charge in [0.25, 0.3) is 0 Å². The van der Waals surface area contributed by atoms with Gasteiger partial charge in [0.1, 0.15) is 5.75 Å². The van der Waals surface area contributed by atoms with Gasteiger partial charge in [-0.3, -0.25) is 4.79 Å². The number of aryl methyl sites for hydroxylation is 1. The molecule has 98 valence electrons. The molecule has 2 rings (SSSR count). The molecular formula is C15H14ClNO2. The third-order valence-corrected chi connectivity index (χ3v) is 3.16. The van der Waals surface area contributed by atoms with E-state index in [1.807, 2.05) is 18.2 Å². The monoisotopic (exact) mass is 275 g/mol. The van der Waals surface area contributed by atoms with E-state index in [1.54, 1.807) is 31.2 Å². The summed E-state index contributed by atoms with van der Waals surface area (Å²) in [5, 5.41) is 12.8. The van der Waals surface area contributed by atoms with Crippen LogP contribution in [-0.4, -0.2) is 11.0 Å². The first-order valence-electron chi connectivity index (χ1n) is 5.89. The third kappa shape index (κ3) is 3.48. The first kappa shape index (κ1) is 13.4. The normalized spacial score (nSPS) is 10.2. The second-order valence-electron chi connectivity index (χ2n) is 4.32. The lowest BCUT2D eigenvalue weighted by molar-refractivity contribution is -0.115. The molecule has 0 aromatic heterocycles. The Bertz CT molecular complexity index is 611. The highest BCUT2D eigenvalue weighted by molar-refractivity contribution is 6.31. The van der Waals surface area contributed by atoms with Gasteiger partial charge in [-0.25, -0.2) is 0 Å². The summed E-state index contributed by atoms with van der Waals surface area (Å²) >= 11 is 6.00. The molecule has 2 N–H and O–H groups in total. The van der Waals surface area contributed by atoms with Crippen LogP contribution < -0.4 is 5.32 Å². The maximum atomic E-state index is 11.9. The minimum atomic E-state index is -0.141. The summed E-state index contributed by atoms with van der Waals surface area (Å²) in [6.07, 6.45) is 0.222. The number of amides is 1. The Kier molecular flexibility index (Phi) is 4.07. The first-order chi connectivity index (χ1) is 9.06. The molecule has 4 heteroatoms. The largest absolute Gasteiger partial charge is 0.508 e. The number of benzene rings is 2. The van der Waals surface area contributed by atoms with Crippen LogP contribution in [0.1, 0.15) is 11.1 Å². The van der Waals surface area contributed by atoms with Crippen LogP contribution in [0.25, 0.3) is 0 Å². The van der Waals surface area contributed by atoms with Crippen molar-refractivity contribution in [1.82, 2.24) is 0 Å². The summed E-state index contributed by atoms with van der Waals surface area (Å²) in [4.78, 5) is 11.9. The van der Waals surface area contributed by atoms with E-state index in [-0.39, 0.29) is 18.1 Å². The smallest absolute Gasteiger partial charge is 0.228 e. The van der Waals surface area contributed by atoms with Crippen molar-refractivity contribution in [2.24, 2.45) is 0 Å². The summed E-state index contributed by atoms with van der Waals surface area (Å²) in [6.45, 7) is 1.78. The van der Waals surface area contributed by atoms with Gasteiger partial charge in [0.05, 0.1) is 6.42 Å². The Hall–Kier alpha value is -2.00. The van der Waals surface area contributed by atoms with Crippen molar-refractivity contribution in [3.05, 3.63) is 58.6 Å². The fraction of sp³-hybridized carbons (Fsp3) is 0.133. The number of anilines is 1. The molecule has 0 aliphatic rings. The third-order valence-electron chi connectivity index (χ3n) is 2.79. The molecule has 0 radical (unpaired) electrons. The molecule has 2 aromatic carbocycles. The van der Waals surface area contributed by atoms with Gasteiger partial charge in [0.2, 0.25) is 5.91 Å². The zero-order valence-corrected chi connectivity index (χ0v) is 11.2. The summed E-state index contributed by atoms with van der Waals surface area (Å²) in [5.74, 6) is 0.0716. The number of phenolic OH excluding ortho intramolecular Hbond substituents is 1. The summed E-state index contributed by atoms with van der Waals surface area (Å²) in [7, 11) is 0. The predicted octanol–water partition coefficient (Wildman–Crippen LogP) is 3.54. The molecule has 2 aromatic rings. The lowest BCUT2D eigenvalue weighted by Crippen LogP contribution is -2.14. The second-order valence-corrected chi connectivity index (χ2v) is 4.72. The molecule has 0 unspecified atom stereocenters. The van der Waals surface area contributed by atoms with E-state index in [1.165, 1.54) is 0 Å². The van der Waals surface area contributed by atoms with Crippen LogP contribution in [0.3, 0.4) is 0 Å². The van der Waals surface area contributed by atoms with Crippen molar-refractivity contribution in [3.63, 3.8) is 0 Å². The maximum absolute atomic E-state index is 11.9.